The lowest BCUT2D eigenvalue weighted by Crippen LogP contribution is -2.40. The third-order valence-electron chi connectivity index (χ3n) is 5.48. The van der Waals surface area contributed by atoms with Crippen LogP contribution in [0.5, 0.6) is 5.75 Å². The van der Waals surface area contributed by atoms with Gasteiger partial charge >= 0.3 is 0 Å². The van der Waals surface area contributed by atoms with Crippen molar-refractivity contribution in [3.63, 3.8) is 0 Å². The lowest BCUT2D eigenvalue weighted by Gasteiger charge is -2.32. The van der Waals surface area contributed by atoms with Crippen molar-refractivity contribution in [3.05, 3.63) is 77.2 Å². The molecular weight excluding hydrogens is 398 g/mol. The molecule has 30 heavy (non-hydrogen) atoms. The van der Waals surface area contributed by atoms with Crippen LogP contribution in [-0.2, 0) is 11.2 Å². The van der Waals surface area contributed by atoms with Crippen LogP contribution in [-0.4, -0.2) is 41.0 Å². The molecule has 1 amide bonds. The van der Waals surface area contributed by atoms with Crippen LogP contribution in [0.2, 0.25) is 5.02 Å². The average Bonchev–Trinajstić information content (AvgIpc) is 2.80. The van der Waals surface area contributed by atoms with Crippen LogP contribution in [0.1, 0.15) is 30.0 Å². The molecule has 0 bridgehead atoms. The number of nitrogens with zero attached hydrogens (tertiary/aromatic N) is 3. The van der Waals surface area contributed by atoms with Crippen molar-refractivity contribution in [2.45, 2.75) is 25.2 Å². The van der Waals surface area contributed by atoms with Crippen LogP contribution >= 0.6 is 11.6 Å². The standard InChI is InChI=1S/C24H24ClN3O2/c1-30-21-9-7-17(8-10-21)12-24(29)28-11-3-5-19(16-28)23-15-26-14-22(27-23)18-4-2-6-20(25)13-18/h2,4,6-10,13-15,19H,3,5,11-12,16H2,1H3/t19-/m1/s1. The van der Waals surface area contributed by atoms with Gasteiger partial charge in [-0.1, -0.05) is 35.9 Å². The van der Waals surface area contributed by atoms with E-state index in [-0.39, 0.29) is 11.8 Å². The summed E-state index contributed by atoms with van der Waals surface area (Å²) in [5.41, 5.74) is 3.66. The Hall–Kier alpha value is -2.92. The van der Waals surface area contributed by atoms with Gasteiger partial charge in [0, 0.05) is 35.8 Å². The number of ether oxygens (including phenoxy) is 1. The molecule has 1 atom stereocenters. The highest BCUT2D eigenvalue weighted by Crippen LogP contribution is 2.28. The number of methoxy groups -OCH3 is 1. The van der Waals surface area contributed by atoms with Crippen LogP contribution in [0.4, 0.5) is 0 Å². The highest BCUT2D eigenvalue weighted by atomic mass is 35.5. The SMILES string of the molecule is COc1ccc(CC(=O)N2CCC[C@@H](c3cncc(-c4cccc(Cl)c4)n3)C2)cc1. The lowest BCUT2D eigenvalue weighted by molar-refractivity contribution is -0.131. The van der Waals surface area contributed by atoms with Gasteiger partial charge in [-0.15, -0.1) is 0 Å². The van der Waals surface area contributed by atoms with Gasteiger partial charge in [0.2, 0.25) is 5.91 Å². The number of carbonyl (C=O) groups excluding carboxylic acids is 1. The Bertz CT molecular complexity index is 1020. The largest absolute Gasteiger partial charge is 0.497 e. The Balaban J connectivity index is 1.45. The summed E-state index contributed by atoms with van der Waals surface area (Å²) in [5, 5.41) is 0.674. The van der Waals surface area contributed by atoms with E-state index in [0.717, 1.165) is 47.7 Å². The minimum atomic E-state index is 0.142. The fraction of sp³-hybridized carbons (Fsp3) is 0.292. The maximum Gasteiger partial charge on any atom is 0.227 e. The Kier molecular flexibility index (Phi) is 6.29. The Labute approximate surface area is 181 Å². The third kappa shape index (κ3) is 4.79. The summed E-state index contributed by atoms with van der Waals surface area (Å²) in [6.45, 7) is 1.45. The number of benzene rings is 2. The fourth-order valence-corrected chi connectivity index (χ4v) is 4.03. The Morgan fingerprint density at radius 3 is 2.80 bits per heavy atom. The van der Waals surface area contributed by atoms with Crippen molar-refractivity contribution in [2.24, 2.45) is 0 Å². The smallest absolute Gasteiger partial charge is 0.227 e. The molecule has 0 aliphatic carbocycles. The molecule has 1 saturated heterocycles. The van der Waals surface area contributed by atoms with E-state index < -0.39 is 0 Å². The van der Waals surface area contributed by atoms with Gasteiger partial charge in [-0.2, -0.15) is 0 Å². The molecule has 1 aliphatic heterocycles. The van der Waals surface area contributed by atoms with E-state index in [2.05, 4.69) is 4.98 Å². The zero-order chi connectivity index (χ0) is 20.9. The number of hydrogen-bond acceptors (Lipinski definition) is 4. The molecule has 6 heteroatoms. The number of amides is 1. The molecule has 2 aromatic carbocycles. The van der Waals surface area contributed by atoms with Crippen molar-refractivity contribution >= 4 is 17.5 Å². The van der Waals surface area contributed by atoms with Crippen molar-refractivity contribution in [1.29, 1.82) is 0 Å². The second kappa shape index (κ2) is 9.26. The van der Waals surface area contributed by atoms with Crippen LogP contribution in [0.15, 0.2) is 60.9 Å². The number of hydrogen-bond donors (Lipinski definition) is 0. The van der Waals surface area contributed by atoms with Gasteiger partial charge in [-0.3, -0.25) is 9.78 Å². The first-order valence-corrected chi connectivity index (χ1v) is 10.5. The van der Waals surface area contributed by atoms with Gasteiger partial charge in [0.1, 0.15) is 5.75 Å². The summed E-state index contributed by atoms with van der Waals surface area (Å²) in [6.07, 6.45) is 5.92. The normalized spacial score (nSPS) is 16.3. The van der Waals surface area contributed by atoms with Crippen LogP contribution in [0, 0.1) is 0 Å². The number of piperidine rings is 1. The van der Waals surface area contributed by atoms with E-state index in [1.54, 1.807) is 13.3 Å². The quantitative estimate of drug-likeness (QED) is 0.596. The van der Waals surface area contributed by atoms with Crippen molar-refractivity contribution in [2.75, 3.05) is 20.2 Å². The van der Waals surface area contributed by atoms with Crippen LogP contribution < -0.4 is 4.74 Å². The van der Waals surface area contributed by atoms with Crippen molar-refractivity contribution in [3.8, 4) is 17.0 Å². The monoisotopic (exact) mass is 421 g/mol. The van der Waals surface area contributed by atoms with Crippen molar-refractivity contribution in [1.82, 2.24) is 14.9 Å². The minimum Gasteiger partial charge on any atom is -0.497 e. The maximum absolute atomic E-state index is 12.9. The first-order valence-electron chi connectivity index (χ1n) is 10.1. The van der Waals surface area contributed by atoms with E-state index in [0.29, 0.717) is 18.0 Å². The highest BCUT2D eigenvalue weighted by Gasteiger charge is 2.26. The molecule has 0 spiro atoms. The topological polar surface area (TPSA) is 55.3 Å². The number of rotatable bonds is 5. The molecule has 1 aliphatic rings. The maximum atomic E-state index is 12.9. The summed E-state index contributed by atoms with van der Waals surface area (Å²) in [7, 11) is 1.64. The summed E-state index contributed by atoms with van der Waals surface area (Å²) >= 11 is 6.12. The van der Waals surface area contributed by atoms with Gasteiger partial charge in [0.05, 0.1) is 31.1 Å². The van der Waals surface area contributed by atoms with Crippen LogP contribution in [0.25, 0.3) is 11.3 Å². The number of likely N-dealkylation sites (tertiary alicyclic amines) is 1. The number of halogens is 1. The van der Waals surface area contributed by atoms with Gasteiger partial charge in [0.25, 0.3) is 0 Å². The zero-order valence-electron chi connectivity index (χ0n) is 16.9. The van der Waals surface area contributed by atoms with Gasteiger partial charge in [-0.05, 0) is 42.7 Å². The average molecular weight is 422 g/mol. The predicted octanol–water partition coefficient (Wildman–Crippen LogP) is 4.75. The molecule has 5 nitrogen and oxygen atoms in total. The fourth-order valence-electron chi connectivity index (χ4n) is 3.84. The first-order chi connectivity index (χ1) is 14.6. The molecule has 0 radical (unpaired) electrons. The molecule has 0 saturated carbocycles. The minimum absolute atomic E-state index is 0.142. The zero-order valence-corrected chi connectivity index (χ0v) is 17.7. The number of aromatic nitrogens is 2. The third-order valence-corrected chi connectivity index (χ3v) is 5.72. The van der Waals surface area contributed by atoms with Crippen molar-refractivity contribution < 1.29 is 9.53 Å². The molecule has 3 aromatic rings. The molecule has 154 valence electrons. The lowest BCUT2D eigenvalue weighted by atomic mass is 9.94. The summed E-state index contributed by atoms with van der Waals surface area (Å²) in [6, 6.07) is 15.3. The van der Waals surface area contributed by atoms with E-state index in [1.807, 2.05) is 59.6 Å². The van der Waals surface area contributed by atoms with Gasteiger partial charge in [-0.25, -0.2) is 4.98 Å². The van der Waals surface area contributed by atoms with Gasteiger partial charge < -0.3 is 9.64 Å². The van der Waals surface area contributed by atoms with E-state index in [9.17, 15) is 4.79 Å². The number of carbonyl (C=O) groups is 1. The second-order valence-electron chi connectivity index (χ2n) is 7.54. The van der Waals surface area contributed by atoms with E-state index >= 15 is 0 Å². The summed E-state index contributed by atoms with van der Waals surface area (Å²) < 4.78 is 5.19. The molecule has 2 heterocycles. The summed E-state index contributed by atoms with van der Waals surface area (Å²) in [4.78, 5) is 24.0. The molecule has 0 N–H and O–H groups in total. The Morgan fingerprint density at radius 1 is 1.20 bits per heavy atom. The highest BCUT2D eigenvalue weighted by molar-refractivity contribution is 6.30. The second-order valence-corrected chi connectivity index (χ2v) is 7.98. The van der Waals surface area contributed by atoms with Gasteiger partial charge in [0.15, 0.2) is 0 Å². The Morgan fingerprint density at radius 2 is 2.03 bits per heavy atom. The predicted molar refractivity (Wildman–Crippen MR) is 118 cm³/mol. The molecule has 1 aromatic heterocycles. The first kappa shape index (κ1) is 20.4. The molecule has 1 fully saturated rings. The summed E-state index contributed by atoms with van der Waals surface area (Å²) in [5.74, 6) is 1.12. The van der Waals surface area contributed by atoms with Crippen LogP contribution in [0.3, 0.4) is 0 Å². The molecular formula is C24H24ClN3O2. The van der Waals surface area contributed by atoms with E-state index in [1.165, 1.54) is 0 Å². The molecule has 0 unspecified atom stereocenters. The molecule has 4 rings (SSSR count). The van der Waals surface area contributed by atoms with E-state index in [4.69, 9.17) is 21.3 Å².